The van der Waals surface area contributed by atoms with Gasteiger partial charge in [0.25, 0.3) is 5.56 Å². The Hall–Kier alpha value is -3.17. The molecular formula is C25H24ClFN6O2. The van der Waals surface area contributed by atoms with E-state index >= 15 is 0 Å². The second-order valence-corrected chi connectivity index (χ2v) is 10.4. The van der Waals surface area contributed by atoms with Crippen molar-refractivity contribution < 1.29 is 9.18 Å². The van der Waals surface area contributed by atoms with Crippen molar-refractivity contribution in [3.63, 3.8) is 0 Å². The number of pyridine rings is 1. The Morgan fingerprint density at radius 1 is 1.29 bits per heavy atom. The zero-order valence-electron chi connectivity index (χ0n) is 19.2. The van der Waals surface area contributed by atoms with Crippen LogP contribution in [-0.2, 0) is 13.5 Å². The molecule has 0 amide bonds. The number of rotatable bonds is 6. The number of fused-ring (bicyclic) bond motifs is 2. The molecule has 180 valence electrons. The van der Waals surface area contributed by atoms with Gasteiger partial charge < -0.3 is 4.90 Å². The van der Waals surface area contributed by atoms with E-state index in [0.29, 0.717) is 39.0 Å². The van der Waals surface area contributed by atoms with Crippen LogP contribution in [0.15, 0.2) is 41.7 Å². The number of hydrogen-bond donors (Lipinski definition) is 0. The molecule has 0 N–H and O–H groups in total. The summed E-state index contributed by atoms with van der Waals surface area (Å²) in [6.45, 7) is 2.83. The second kappa shape index (κ2) is 8.20. The number of Topliss-reactive ketones (excluding diaryl/α,β-unsaturated/α-hetero) is 1. The van der Waals surface area contributed by atoms with Crippen LogP contribution in [0.1, 0.15) is 35.2 Å². The van der Waals surface area contributed by atoms with E-state index < -0.39 is 0 Å². The number of nitrogens with zero attached hydrogens (tertiary/aromatic N) is 6. The van der Waals surface area contributed by atoms with Gasteiger partial charge in [0, 0.05) is 43.2 Å². The molecule has 3 aromatic heterocycles. The molecule has 0 radical (unpaired) electrons. The van der Waals surface area contributed by atoms with Gasteiger partial charge >= 0.3 is 0 Å². The summed E-state index contributed by atoms with van der Waals surface area (Å²) in [4.78, 5) is 28.1. The number of benzene rings is 1. The summed E-state index contributed by atoms with van der Waals surface area (Å²) in [6, 6.07) is 5.09. The molecule has 1 aliphatic carbocycles. The van der Waals surface area contributed by atoms with E-state index in [2.05, 4.69) is 20.2 Å². The minimum Gasteiger partial charge on any atom is -0.302 e. The van der Waals surface area contributed by atoms with Crippen LogP contribution in [0.4, 0.5) is 4.39 Å². The third kappa shape index (κ3) is 3.73. The lowest BCUT2D eigenvalue weighted by Crippen LogP contribution is -2.63. The zero-order chi connectivity index (χ0) is 24.3. The molecule has 4 aromatic rings. The maximum Gasteiger partial charge on any atom is 0.275 e. The fraction of sp³-hybridized carbons (Fsp3) is 0.400. The topological polar surface area (TPSA) is 85.4 Å². The SMILES string of the molecule is Cn1ncc2c(C(=O)C3CC4(C3)CN(CCCc3cc5nncn5cc3F)C4)ccc(Cl)c2c1=O. The van der Waals surface area contributed by atoms with E-state index in [-0.39, 0.29) is 28.5 Å². The molecule has 0 atom stereocenters. The Labute approximate surface area is 205 Å². The quantitative estimate of drug-likeness (QED) is 0.382. The fourth-order valence-electron chi connectivity index (χ4n) is 5.80. The van der Waals surface area contributed by atoms with Crippen molar-refractivity contribution in [2.24, 2.45) is 18.4 Å². The molecule has 1 aliphatic heterocycles. The largest absolute Gasteiger partial charge is 0.302 e. The van der Waals surface area contributed by atoms with Gasteiger partial charge in [0.05, 0.1) is 16.6 Å². The third-order valence-electron chi connectivity index (χ3n) is 7.56. The Balaban J connectivity index is 1.04. The van der Waals surface area contributed by atoms with Gasteiger partial charge in [-0.25, -0.2) is 9.07 Å². The fourth-order valence-corrected chi connectivity index (χ4v) is 6.04. The van der Waals surface area contributed by atoms with Crippen molar-refractivity contribution >= 4 is 33.8 Å². The minimum absolute atomic E-state index is 0.0467. The van der Waals surface area contributed by atoms with Gasteiger partial charge in [0.1, 0.15) is 12.1 Å². The summed E-state index contributed by atoms with van der Waals surface area (Å²) < 4.78 is 17.1. The highest BCUT2D eigenvalue weighted by Crippen LogP contribution is 2.53. The second-order valence-electron chi connectivity index (χ2n) is 9.98. The van der Waals surface area contributed by atoms with Crippen LogP contribution in [0, 0.1) is 17.2 Å². The van der Waals surface area contributed by atoms with E-state index in [0.717, 1.165) is 38.9 Å². The maximum absolute atomic E-state index is 14.3. The number of likely N-dealkylation sites (tertiary alicyclic amines) is 1. The van der Waals surface area contributed by atoms with Crippen molar-refractivity contribution in [2.45, 2.75) is 25.7 Å². The Morgan fingerprint density at radius 3 is 2.89 bits per heavy atom. The molecule has 6 rings (SSSR count). The summed E-state index contributed by atoms with van der Waals surface area (Å²) in [6.07, 6.45) is 7.68. The molecule has 8 nitrogen and oxygen atoms in total. The van der Waals surface area contributed by atoms with Gasteiger partial charge in [-0.1, -0.05) is 11.6 Å². The standard InChI is InChI=1S/C25H24ClFN6O2/c1-31-24(35)22-18(10-29-31)17(4-5-19(22)26)23(34)16-8-25(9-16)12-32(13-25)6-2-3-15-7-21-30-28-14-33(21)11-20(15)27/h4-5,7,10-11,14,16H,2-3,6,8-9,12-13H2,1H3. The first-order valence-corrected chi connectivity index (χ1v) is 12.1. The van der Waals surface area contributed by atoms with E-state index in [1.807, 2.05) is 0 Å². The van der Waals surface area contributed by atoms with Crippen molar-refractivity contribution in [1.82, 2.24) is 29.3 Å². The van der Waals surface area contributed by atoms with Gasteiger partial charge in [-0.15, -0.1) is 10.2 Å². The van der Waals surface area contributed by atoms with Gasteiger partial charge in [-0.2, -0.15) is 5.10 Å². The molecule has 2 aliphatic rings. The van der Waals surface area contributed by atoms with Crippen LogP contribution in [0.5, 0.6) is 0 Å². The minimum atomic E-state index is -0.303. The summed E-state index contributed by atoms with van der Waals surface area (Å²) in [5.41, 5.74) is 1.73. The van der Waals surface area contributed by atoms with Crippen molar-refractivity contribution in [1.29, 1.82) is 0 Å². The van der Waals surface area contributed by atoms with Crippen LogP contribution in [0.3, 0.4) is 0 Å². The predicted octanol–water partition coefficient (Wildman–Crippen LogP) is 3.30. The van der Waals surface area contributed by atoms with Gasteiger partial charge in [-0.05, 0) is 61.4 Å². The summed E-state index contributed by atoms with van der Waals surface area (Å²) in [7, 11) is 1.57. The zero-order valence-corrected chi connectivity index (χ0v) is 20.0. The number of hydrogen-bond acceptors (Lipinski definition) is 6. The van der Waals surface area contributed by atoms with Crippen LogP contribution in [0.2, 0.25) is 5.02 Å². The molecule has 1 aromatic carbocycles. The van der Waals surface area contributed by atoms with E-state index in [4.69, 9.17) is 11.6 Å². The molecule has 35 heavy (non-hydrogen) atoms. The molecule has 0 bridgehead atoms. The van der Waals surface area contributed by atoms with Gasteiger partial charge in [0.15, 0.2) is 11.4 Å². The lowest BCUT2D eigenvalue weighted by atomic mass is 9.56. The Bertz CT molecular complexity index is 1530. The average Bonchev–Trinajstić information content (AvgIpc) is 3.23. The summed E-state index contributed by atoms with van der Waals surface area (Å²) in [5, 5.41) is 13.1. The van der Waals surface area contributed by atoms with Crippen LogP contribution < -0.4 is 5.56 Å². The maximum atomic E-state index is 14.3. The third-order valence-corrected chi connectivity index (χ3v) is 7.87. The smallest absolute Gasteiger partial charge is 0.275 e. The first-order valence-electron chi connectivity index (χ1n) is 11.7. The number of halogens is 2. The van der Waals surface area contributed by atoms with Crippen LogP contribution in [0.25, 0.3) is 16.4 Å². The highest BCUT2D eigenvalue weighted by molar-refractivity contribution is 6.36. The molecule has 1 saturated heterocycles. The predicted molar refractivity (Wildman–Crippen MR) is 129 cm³/mol. The first kappa shape index (κ1) is 22.3. The molecule has 1 saturated carbocycles. The van der Waals surface area contributed by atoms with Crippen LogP contribution >= 0.6 is 11.6 Å². The molecule has 0 unspecified atom stereocenters. The van der Waals surface area contributed by atoms with Gasteiger partial charge in [0.2, 0.25) is 0 Å². The number of aromatic nitrogens is 5. The lowest BCUT2D eigenvalue weighted by Gasteiger charge is -2.59. The summed E-state index contributed by atoms with van der Waals surface area (Å²) >= 11 is 6.26. The van der Waals surface area contributed by atoms with Crippen molar-refractivity contribution in [3.05, 3.63) is 69.2 Å². The first-order chi connectivity index (χ1) is 16.8. The number of aryl methyl sites for hydroxylation is 2. The van der Waals surface area contributed by atoms with Crippen molar-refractivity contribution in [3.8, 4) is 0 Å². The molecular weight excluding hydrogens is 471 g/mol. The van der Waals surface area contributed by atoms with E-state index in [1.165, 1.54) is 17.2 Å². The van der Waals surface area contributed by atoms with Gasteiger partial charge in [-0.3, -0.25) is 14.0 Å². The highest BCUT2D eigenvalue weighted by atomic mass is 35.5. The Kier molecular flexibility index (Phi) is 5.23. The van der Waals surface area contributed by atoms with Crippen molar-refractivity contribution in [2.75, 3.05) is 19.6 Å². The Morgan fingerprint density at radius 2 is 2.09 bits per heavy atom. The van der Waals surface area contributed by atoms with Crippen LogP contribution in [-0.4, -0.2) is 54.7 Å². The number of ketones is 1. The normalized spacial score (nSPS) is 17.7. The van der Waals surface area contributed by atoms with E-state index in [9.17, 15) is 14.0 Å². The molecule has 1 spiro atoms. The lowest BCUT2D eigenvalue weighted by molar-refractivity contribution is -0.0837. The average molecular weight is 495 g/mol. The molecule has 10 heteroatoms. The summed E-state index contributed by atoms with van der Waals surface area (Å²) in [5.74, 6) is -0.222. The monoisotopic (exact) mass is 494 g/mol. The number of carbonyl (C=O) groups excluding carboxylic acids is 1. The molecule has 2 fully saturated rings. The number of carbonyl (C=O) groups is 1. The highest BCUT2D eigenvalue weighted by Gasteiger charge is 2.54. The molecule has 4 heterocycles. The van der Waals surface area contributed by atoms with E-state index in [1.54, 1.807) is 35.8 Å².